The zero-order valence-electron chi connectivity index (χ0n) is 8.61. The molecule has 0 N–H and O–H groups in total. The number of alkyl halides is 1. The highest BCUT2D eigenvalue weighted by Gasteiger charge is 2.04. The van der Waals surface area contributed by atoms with Gasteiger partial charge in [-0.3, -0.25) is 0 Å². The standard InChI is InChI=1S/C11H23Cl/c1-3-5-6-7-8-11(4-2)9-10-12/h11H,3-10H2,1-2H3. The minimum atomic E-state index is 0.840. The summed E-state index contributed by atoms with van der Waals surface area (Å²) in [5.74, 6) is 1.73. The molecule has 0 fully saturated rings. The first-order valence-corrected chi connectivity index (χ1v) is 5.94. The molecule has 0 saturated carbocycles. The number of halogens is 1. The van der Waals surface area contributed by atoms with E-state index in [1.807, 2.05) is 0 Å². The fourth-order valence-electron chi connectivity index (χ4n) is 1.57. The predicted molar refractivity (Wildman–Crippen MR) is 57.9 cm³/mol. The SMILES string of the molecule is CCCCCCC(CC)CCCl. The van der Waals surface area contributed by atoms with Gasteiger partial charge >= 0.3 is 0 Å². The fraction of sp³-hybridized carbons (Fsp3) is 1.00. The summed E-state index contributed by atoms with van der Waals surface area (Å²) in [4.78, 5) is 0. The number of unbranched alkanes of at least 4 members (excludes halogenated alkanes) is 3. The Balaban J connectivity index is 3.19. The maximum absolute atomic E-state index is 5.72. The topological polar surface area (TPSA) is 0 Å². The zero-order chi connectivity index (χ0) is 9.23. The summed E-state index contributed by atoms with van der Waals surface area (Å²) >= 11 is 5.72. The van der Waals surface area contributed by atoms with E-state index in [1.54, 1.807) is 0 Å². The lowest BCUT2D eigenvalue weighted by atomic mass is 9.96. The molecule has 0 amide bonds. The van der Waals surface area contributed by atoms with Gasteiger partial charge in [-0.2, -0.15) is 0 Å². The van der Waals surface area contributed by atoms with Crippen molar-refractivity contribution in [2.45, 2.75) is 58.8 Å². The second-order valence-corrected chi connectivity index (χ2v) is 3.98. The molecule has 0 aliphatic carbocycles. The molecule has 0 bridgehead atoms. The number of hydrogen-bond acceptors (Lipinski definition) is 0. The summed E-state index contributed by atoms with van der Waals surface area (Å²) in [5, 5.41) is 0. The van der Waals surface area contributed by atoms with E-state index >= 15 is 0 Å². The fourth-order valence-corrected chi connectivity index (χ4v) is 1.88. The van der Waals surface area contributed by atoms with Crippen molar-refractivity contribution < 1.29 is 0 Å². The van der Waals surface area contributed by atoms with Gasteiger partial charge < -0.3 is 0 Å². The maximum atomic E-state index is 5.72. The lowest BCUT2D eigenvalue weighted by Gasteiger charge is -2.12. The third-order valence-electron chi connectivity index (χ3n) is 2.56. The van der Waals surface area contributed by atoms with Gasteiger partial charge in [-0.1, -0.05) is 52.4 Å². The first kappa shape index (κ1) is 12.3. The van der Waals surface area contributed by atoms with Crippen molar-refractivity contribution >= 4 is 11.6 Å². The van der Waals surface area contributed by atoms with Crippen molar-refractivity contribution in [2.75, 3.05) is 5.88 Å². The van der Waals surface area contributed by atoms with E-state index < -0.39 is 0 Å². The smallest absolute Gasteiger partial charge is 0.0226 e. The average Bonchev–Trinajstić information content (AvgIpc) is 2.10. The molecule has 0 aromatic carbocycles. The van der Waals surface area contributed by atoms with Gasteiger partial charge in [0.25, 0.3) is 0 Å². The Morgan fingerprint density at radius 3 is 2.25 bits per heavy atom. The normalized spacial score (nSPS) is 13.2. The summed E-state index contributed by atoms with van der Waals surface area (Å²) in [7, 11) is 0. The Kier molecular flexibility index (Phi) is 9.61. The van der Waals surface area contributed by atoms with Crippen LogP contribution in [0.1, 0.15) is 58.8 Å². The number of rotatable bonds is 8. The van der Waals surface area contributed by atoms with Crippen molar-refractivity contribution in [3.63, 3.8) is 0 Å². The second kappa shape index (κ2) is 9.38. The van der Waals surface area contributed by atoms with E-state index in [0.717, 1.165) is 11.8 Å². The summed E-state index contributed by atoms with van der Waals surface area (Å²) in [5.41, 5.74) is 0. The molecule has 0 aliphatic rings. The van der Waals surface area contributed by atoms with E-state index in [4.69, 9.17) is 11.6 Å². The number of hydrogen-bond donors (Lipinski definition) is 0. The Morgan fingerprint density at radius 2 is 1.75 bits per heavy atom. The quantitative estimate of drug-likeness (QED) is 0.387. The van der Waals surface area contributed by atoms with E-state index in [1.165, 1.54) is 44.9 Å². The van der Waals surface area contributed by atoms with Gasteiger partial charge in [0.15, 0.2) is 0 Å². The van der Waals surface area contributed by atoms with E-state index in [0.29, 0.717) is 0 Å². The van der Waals surface area contributed by atoms with Crippen molar-refractivity contribution in [3.05, 3.63) is 0 Å². The molecule has 0 aromatic rings. The highest BCUT2D eigenvalue weighted by Crippen LogP contribution is 2.17. The van der Waals surface area contributed by atoms with Gasteiger partial charge in [0.05, 0.1) is 0 Å². The molecule has 0 spiro atoms. The maximum Gasteiger partial charge on any atom is 0.0226 e. The Bertz CT molecular complexity index is 81.1. The third-order valence-corrected chi connectivity index (χ3v) is 2.78. The Labute approximate surface area is 82.7 Å². The molecule has 1 unspecified atom stereocenters. The average molecular weight is 191 g/mol. The molecule has 1 atom stereocenters. The summed E-state index contributed by atoms with van der Waals surface area (Å²) in [6.07, 6.45) is 9.47. The van der Waals surface area contributed by atoms with Crippen molar-refractivity contribution in [3.8, 4) is 0 Å². The summed E-state index contributed by atoms with van der Waals surface area (Å²) < 4.78 is 0. The van der Waals surface area contributed by atoms with Gasteiger partial charge in [-0.25, -0.2) is 0 Å². The van der Waals surface area contributed by atoms with Crippen LogP contribution in [0, 0.1) is 5.92 Å². The summed E-state index contributed by atoms with van der Waals surface area (Å²) in [6, 6.07) is 0. The Morgan fingerprint density at radius 1 is 1.00 bits per heavy atom. The van der Waals surface area contributed by atoms with E-state index in [2.05, 4.69) is 13.8 Å². The molecule has 74 valence electrons. The van der Waals surface area contributed by atoms with E-state index in [9.17, 15) is 0 Å². The molecule has 0 aliphatic heterocycles. The van der Waals surface area contributed by atoms with Crippen LogP contribution in [0.3, 0.4) is 0 Å². The first-order chi connectivity index (χ1) is 5.85. The first-order valence-electron chi connectivity index (χ1n) is 5.41. The molecule has 0 saturated heterocycles. The minimum Gasteiger partial charge on any atom is -0.127 e. The van der Waals surface area contributed by atoms with Crippen molar-refractivity contribution in [2.24, 2.45) is 5.92 Å². The van der Waals surface area contributed by atoms with Crippen molar-refractivity contribution in [1.82, 2.24) is 0 Å². The molecule has 0 radical (unpaired) electrons. The molecule has 1 heteroatoms. The van der Waals surface area contributed by atoms with Crippen LogP contribution in [0.15, 0.2) is 0 Å². The van der Waals surface area contributed by atoms with Gasteiger partial charge in [0.2, 0.25) is 0 Å². The molecular formula is C11H23Cl. The molecule has 0 nitrogen and oxygen atoms in total. The van der Waals surface area contributed by atoms with Crippen LogP contribution in [0.4, 0.5) is 0 Å². The molecule has 0 aromatic heterocycles. The van der Waals surface area contributed by atoms with Crippen LogP contribution in [-0.4, -0.2) is 5.88 Å². The highest BCUT2D eigenvalue weighted by atomic mass is 35.5. The van der Waals surface area contributed by atoms with Crippen molar-refractivity contribution in [1.29, 1.82) is 0 Å². The molecule has 0 rings (SSSR count). The molecule has 0 heterocycles. The van der Waals surface area contributed by atoms with E-state index in [-0.39, 0.29) is 0 Å². The highest BCUT2D eigenvalue weighted by molar-refractivity contribution is 6.17. The van der Waals surface area contributed by atoms with Gasteiger partial charge in [-0.15, -0.1) is 11.6 Å². The molecular weight excluding hydrogens is 168 g/mol. The second-order valence-electron chi connectivity index (χ2n) is 3.60. The summed E-state index contributed by atoms with van der Waals surface area (Å²) in [6.45, 7) is 4.53. The van der Waals surface area contributed by atoms with Gasteiger partial charge in [0, 0.05) is 5.88 Å². The predicted octanol–water partition coefficient (Wildman–Crippen LogP) is 4.61. The van der Waals surface area contributed by atoms with Crippen LogP contribution >= 0.6 is 11.6 Å². The largest absolute Gasteiger partial charge is 0.127 e. The third kappa shape index (κ3) is 6.97. The zero-order valence-corrected chi connectivity index (χ0v) is 9.37. The van der Waals surface area contributed by atoms with Crippen LogP contribution in [-0.2, 0) is 0 Å². The molecule has 12 heavy (non-hydrogen) atoms. The lowest BCUT2D eigenvalue weighted by Crippen LogP contribution is -1.99. The van der Waals surface area contributed by atoms with Crippen LogP contribution in [0.2, 0.25) is 0 Å². The Hall–Kier alpha value is 0.290. The lowest BCUT2D eigenvalue weighted by molar-refractivity contribution is 0.431. The van der Waals surface area contributed by atoms with Crippen LogP contribution in [0.25, 0.3) is 0 Å². The van der Waals surface area contributed by atoms with Crippen LogP contribution in [0.5, 0.6) is 0 Å². The minimum absolute atomic E-state index is 0.840. The van der Waals surface area contributed by atoms with Gasteiger partial charge in [-0.05, 0) is 12.3 Å². The monoisotopic (exact) mass is 190 g/mol. The van der Waals surface area contributed by atoms with Crippen LogP contribution < -0.4 is 0 Å². The van der Waals surface area contributed by atoms with Gasteiger partial charge in [0.1, 0.15) is 0 Å².